The van der Waals surface area contributed by atoms with Crippen LogP contribution in [0, 0.1) is 34.0 Å². The third-order valence-corrected chi connectivity index (χ3v) is 12.9. The highest BCUT2D eigenvalue weighted by Crippen LogP contribution is 2.69. The Hall–Kier alpha value is -3.45. The van der Waals surface area contributed by atoms with Crippen LogP contribution in [0.4, 0.5) is 4.39 Å². The van der Waals surface area contributed by atoms with E-state index in [1.54, 1.807) is 33.8 Å². The monoisotopic (exact) mass is 672 g/mol. The molecule has 7 atom stereocenters. The zero-order valence-electron chi connectivity index (χ0n) is 30.5. The van der Waals surface area contributed by atoms with Crippen LogP contribution in [0.1, 0.15) is 100 Å². The molecule has 0 aromatic carbocycles. The zero-order valence-corrected chi connectivity index (χ0v) is 30.5. The van der Waals surface area contributed by atoms with Crippen molar-refractivity contribution in [2.24, 2.45) is 34.0 Å². The van der Waals surface area contributed by atoms with Gasteiger partial charge in [0.1, 0.15) is 5.60 Å². The number of hydrogen-bond acceptors (Lipinski definition) is 6. The first kappa shape index (κ1) is 36.8. The van der Waals surface area contributed by atoms with Crippen LogP contribution in [0.2, 0.25) is 0 Å². The van der Waals surface area contributed by atoms with E-state index < -0.39 is 64.0 Å². The van der Waals surface area contributed by atoms with Crippen LogP contribution in [0.5, 0.6) is 0 Å². The van der Waals surface area contributed by atoms with E-state index in [9.17, 15) is 24.3 Å². The molecule has 0 spiro atoms. The molecule has 5 aliphatic rings. The van der Waals surface area contributed by atoms with Gasteiger partial charge in [-0.1, -0.05) is 80.9 Å². The highest BCUT2D eigenvalue weighted by atomic mass is 19.1. The number of halogens is 1. The second kappa shape index (κ2) is 13.0. The number of carbonyl (C=O) groups is 4. The molecule has 0 unspecified atom stereocenters. The topological polar surface area (TPSA) is 97.7 Å². The summed E-state index contributed by atoms with van der Waals surface area (Å²) in [6.45, 7) is 15.1. The van der Waals surface area contributed by atoms with Crippen molar-refractivity contribution in [2.75, 3.05) is 6.61 Å². The summed E-state index contributed by atoms with van der Waals surface area (Å²) in [5.41, 5.74) is -1.38. The van der Waals surface area contributed by atoms with Gasteiger partial charge in [-0.3, -0.25) is 14.4 Å². The summed E-state index contributed by atoms with van der Waals surface area (Å²) in [5.74, 6) is -4.02. The number of Topliss-reactive ketones (excluding diaryl/α,β-unsaturated/α-hetero) is 2. The number of ketones is 3. The molecule has 1 N–H and O–H groups in total. The summed E-state index contributed by atoms with van der Waals surface area (Å²) in [5, 5.41) is 12.1. The zero-order chi connectivity index (χ0) is 36.2. The van der Waals surface area contributed by atoms with Crippen LogP contribution in [0.15, 0.2) is 82.5 Å². The largest absolute Gasteiger partial charge is 0.454 e. The summed E-state index contributed by atoms with van der Waals surface area (Å²) in [6.07, 6.45) is 19.9. The number of fused-ring (bicyclic) bond motifs is 5. The van der Waals surface area contributed by atoms with E-state index in [1.807, 2.05) is 19.1 Å². The Labute approximate surface area is 291 Å². The third kappa shape index (κ3) is 6.04. The van der Waals surface area contributed by atoms with Crippen molar-refractivity contribution in [1.29, 1.82) is 0 Å². The smallest absolute Gasteiger partial charge is 0.331 e. The van der Waals surface area contributed by atoms with E-state index in [-0.39, 0.29) is 17.6 Å². The van der Waals surface area contributed by atoms with Crippen molar-refractivity contribution in [3.05, 3.63) is 82.5 Å². The van der Waals surface area contributed by atoms with E-state index in [1.165, 1.54) is 48.3 Å². The first-order valence-electron chi connectivity index (χ1n) is 17.8. The minimum Gasteiger partial charge on any atom is -0.454 e. The normalized spacial score (nSPS) is 37.7. The number of allylic oxidation sites excluding steroid dienone is 13. The Kier molecular flexibility index (Phi) is 9.79. The predicted octanol–water partition coefficient (Wildman–Crippen LogP) is 8.19. The van der Waals surface area contributed by atoms with Crippen LogP contribution in [0.25, 0.3) is 0 Å². The van der Waals surface area contributed by atoms with Gasteiger partial charge in [0.2, 0.25) is 5.78 Å². The molecular formula is C42H53FO6. The fourth-order valence-corrected chi connectivity index (χ4v) is 10.0. The van der Waals surface area contributed by atoms with Crippen molar-refractivity contribution in [2.45, 2.75) is 112 Å². The molecule has 0 aliphatic heterocycles. The molecule has 5 aliphatic carbocycles. The molecule has 0 aromatic rings. The van der Waals surface area contributed by atoms with E-state index in [2.05, 4.69) is 32.9 Å². The molecule has 3 saturated carbocycles. The Morgan fingerprint density at radius 2 is 1.78 bits per heavy atom. The minimum atomic E-state index is -2.25. The maximum Gasteiger partial charge on any atom is 0.331 e. The summed E-state index contributed by atoms with van der Waals surface area (Å²) in [4.78, 5) is 52.4. The van der Waals surface area contributed by atoms with Gasteiger partial charge >= 0.3 is 5.97 Å². The van der Waals surface area contributed by atoms with Gasteiger partial charge in [0, 0.05) is 29.2 Å². The molecule has 264 valence electrons. The number of aliphatic hydroxyl groups is 1. The van der Waals surface area contributed by atoms with Gasteiger partial charge in [0.05, 0.1) is 0 Å². The SMILES string of the molecule is CC(C=CC1=C(C)CCCC1(C)C)=CC=CC(C)=CC(=O)OCC(=O)[C@@]1(O)[C@@H](C)C[C@H]2[C@@H]3CCC4=CC(=O)C=C[C@]4(C)[C@@]3(F)C(=O)C[C@@]21C. The third-order valence-electron chi connectivity index (χ3n) is 12.9. The maximum absolute atomic E-state index is 17.3. The van der Waals surface area contributed by atoms with Crippen molar-refractivity contribution >= 4 is 23.3 Å². The van der Waals surface area contributed by atoms with Crippen molar-refractivity contribution in [3.8, 4) is 0 Å². The van der Waals surface area contributed by atoms with Crippen LogP contribution < -0.4 is 0 Å². The summed E-state index contributed by atoms with van der Waals surface area (Å²) in [7, 11) is 0. The second-order valence-electron chi connectivity index (χ2n) is 16.4. The number of alkyl halides is 1. The average Bonchev–Trinajstić information content (AvgIpc) is 3.21. The van der Waals surface area contributed by atoms with Crippen LogP contribution in [-0.4, -0.2) is 46.3 Å². The minimum absolute atomic E-state index is 0.168. The highest BCUT2D eigenvalue weighted by molar-refractivity contribution is 6.03. The molecule has 3 fully saturated rings. The van der Waals surface area contributed by atoms with E-state index in [0.717, 1.165) is 12.0 Å². The summed E-state index contributed by atoms with van der Waals surface area (Å²) in [6, 6.07) is 0. The summed E-state index contributed by atoms with van der Waals surface area (Å²) < 4.78 is 22.6. The van der Waals surface area contributed by atoms with Crippen LogP contribution in [-0.2, 0) is 23.9 Å². The van der Waals surface area contributed by atoms with Gasteiger partial charge in [-0.2, -0.15) is 0 Å². The Balaban J connectivity index is 1.24. The van der Waals surface area contributed by atoms with Gasteiger partial charge in [-0.15, -0.1) is 0 Å². The lowest BCUT2D eigenvalue weighted by molar-refractivity contribution is -0.188. The molecule has 49 heavy (non-hydrogen) atoms. The molecule has 5 rings (SSSR count). The molecule has 0 heterocycles. The molecule has 0 saturated heterocycles. The quantitative estimate of drug-likeness (QED) is 0.159. The first-order valence-corrected chi connectivity index (χ1v) is 17.8. The van der Waals surface area contributed by atoms with Gasteiger partial charge in [0.25, 0.3) is 0 Å². The van der Waals surface area contributed by atoms with Gasteiger partial charge in [0.15, 0.2) is 23.8 Å². The predicted molar refractivity (Wildman–Crippen MR) is 189 cm³/mol. The number of esters is 1. The summed E-state index contributed by atoms with van der Waals surface area (Å²) >= 11 is 0. The fourth-order valence-electron chi connectivity index (χ4n) is 10.0. The highest BCUT2D eigenvalue weighted by Gasteiger charge is 2.75. The standard InChI is InChI=1S/C42H53FO6/c1-26(14-16-32-28(3)13-10-19-38(32,5)6)11-9-12-27(2)21-37(47)49-25-36(46)42(48)29(4)22-34-33-17-15-30-23-31(44)18-20-39(30,7)41(33,43)35(45)24-40(34,42)8/h9,11-12,14,16,18,20-21,23,29,33-34,48H,10,13,15,17,19,22,24-25H2,1-8H3/t29-,33-,34-,39-,40-,41-,42-/m0/s1. The van der Waals surface area contributed by atoms with Gasteiger partial charge in [-0.25, -0.2) is 9.18 Å². The van der Waals surface area contributed by atoms with Crippen molar-refractivity contribution in [1.82, 2.24) is 0 Å². The second-order valence-corrected chi connectivity index (χ2v) is 16.4. The van der Waals surface area contributed by atoms with Crippen molar-refractivity contribution < 1.29 is 33.4 Å². The van der Waals surface area contributed by atoms with Crippen molar-refractivity contribution in [3.63, 3.8) is 0 Å². The first-order chi connectivity index (χ1) is 22.8. The maximum atomic E-state index is 17.3. The number of ether oxygens (including phenoxy) is 1. The number of carbonyl (C=O) groups excluding carboxylic acids is 4. The van der Waals surface area contributed by atoms with E-state index in [4.69, 9.17) is 4.74 Å². The molecule has 0 bridgehead atoms. The lowest BCUT2D eigenvalue weighted by Crippen LogP contribution is -2.68. The van der Waals surface area contributed by atoms with Crippen LogP contribution in [0.3, 0.4) is 0 Å². The molecule has 7 heteroatoms. The van der Waals surface area contributed by atoms with E-state index in [0.29, 0.717) is 30.4 Å². The van der Waals surface area contributed by atoms with Gasteiger partial charge in [-0.05, 0) is 107 Å². The molecule has 6 nitrogen and oxygen atoms in total. The molecule has 0 aromatic heterocycles. The Morgan fingerprint density at radius 1 is 1.06 bits per heavy atom. The molecule has 0 radical (unpaired) electrons. The van der Waals surface area contributed by atoms with Gasteiger partial charge < -0.3 is 9.84 Å². The molecular weight excluding hydrogens is 619 g/mol. The lowest BCUT2D eigenvalue weighted by Gasteiger charge is -2.59. The lowest BCUT2D eigenvalue weighted by atomic mass is 9.45. The Morgan fingerprint density at radius 3 is 2.47 bits per heavy atom. The Bertz CT molecular complexity index is 1670. The van der Waals surface area contributed by atoms with Crippen LogP contribution >= 0.6 is 0 Å². The average molecular weight is 673 g/mol. The number of rotatable bonds is 8. The van der Waals surface area contributed by atoms with E-state index >= 15 is 4.39 Å². The number of hydrogen-bond donors (Lipinski definition) is 1. The molecule has 0 amide bonds. The fraction of sp³-hybridized carbons (Fsp3) is 0.571.